The highest BCUT2D eigenvalue weighted by Crippen LogP contribution is 2.22. The highest BCUT2D eigenvalue weighted by Gasteiger charge is 2.16. The Morgan fingerprint density at radius 2 is 2.00 bits per heavy atom. The number of aromatic amines is 1. The summed E-state index contributed by atoms with van der Waals surface area (Å²) in [7, 11) is 2.04. The van der Waals surface area contributed by atoms with E-state index in [0.29, 0.717) is 17.8 Å². The van der Waals surface area contributed by atoms with Gasteiger partial charge in [-0.05, 0) is 26.2 Å². The minimum Gasteiger partial charge on any atom is -0.382 e. The van der Waals surface area contributed by atoms with E-state index in [9.17, 15) is 0 Å². The van der Waals surface area contributed by atoms with Crippen LogP contribution in [-0.2, 0) is 0 Å². The van der Waals surface area contributed by atoms with Gasteiger partial charge in [0.25, 0.3) is 0 Å². The largest absolute Gasteiger partial charge is 0.382 e. The van der Waals surface area contributed by atoms with Crippen molar-refractivity contribution in [3.63, 3.8) is 0 Å². The molecule has 3 N–H and O–H groups in total. The van der Waals surface area contributed by atoms with Crippen LogP contribution in [0.5, 0.6) is 0 Å². The molecule has 0 aliphatic heterocycles. The van der Waals surface area contributed by atoms with Crippen molar-refractivity contribution >= 4 is 11.6 Å². The Morgan fingerprint density at radius 3 is 2.40 bits per heavy atom. The van der Waals surface area contributed by atoms with E-state index < -0.39 is 0 Å². The normalized spacial score (nSPS) is 13.2. The van der Waals surface area contributed by atoms with Crippen LogP contribution >= 0.6 is 0 Å². The molecule has 1 aromatic heterocycles. The number of anilines is 2. The third kappa shape index (κ3) is 2.88. The molecule has 15 heavy (non-hydrogen) atoms. The molecule has 0 fully saturated rings. The SMILES string of the molecule is Cc1nc(N(C)C(C)CC(C)C)c(N)[nH]1. The molecule has 1 unspecified atom stereocenters. The lowest BCUT2D eigenvalue weighted by Crippen LogP contribution is -2.30. The first-order chi connectivity index (χ1) is 6.91. The molecule has 4 nitrogen and oxygen atoms in total. The van der Waals surface area contributed by atoms with Crippen molar-refractivity contribution in [2.75, 3.05) is 17.7 Å². The smallest absolute Gasteiger partial charge is 0.171 e. The molecule has 4 heteroatoms. The maximum Gasteiger partial charge on any atom is 0.171 e. The first kappa shape index (κ1) is 11.9. The molecule has 0 aromatic carbocycles. The molecule has 0 radical (unpaired) electrons. The second-order valence-electron chi connectivity index (χ2n) is 4.65. The van der Waals surface area contributed by atoms with Gasteiger partial charge in [0.2, 0.25) is 0 Å². The molecule has 86 valence electrons. The third-order valence-corrected chi connectivity index (χ3v) is 2.64. The number of nitrogens with two attached hydrogens (primary N) is 1. The fourth-order valence-corrected chi connectivity index (χ4v) is 1.82. The fourth-order valence-electron chi connectivity index (χ4n) is 1.82. The van der Waals surface area contributed by atoms with Gasteiger partial charge in [0, 0.05) is 13.1 Å². The lowest BCUT2D eigenvalue weighted by atomic mass is 10.0. The Hall–Kier alpha value is -1.19. The van der Waals surface area contributed by atoms with E-state index in [1.54, 1.807) is 0 Å². The number of rotatable bonds is 4. The van der Waals surface area contributed by atoms with Crippen LogP contribution in [0, 0.1) is 12.8 Å². The molecule has 0 saturated carbocycles. The minimum absolute atomic E-state index is 0.454. The maximum atomic E-state index is 5.85. The van der Waals surface area contributed by atoms with E-state index in [1.807, 2.05) is 14.0 Å². The molecular formula is C11H22N4. The van der Waals surface area contributed by atoms with Crippen molar-refractivity contribution in [2.24, 2.45) is 5.92 Å². The van der Waals surface area contributed by atoms with Crippen molar-refractivity contribution < 1.29 is 0 Å². The summed E-state index contributed by atoms with van der Waals surface area (Å²) < 4.78 is 0. The Balaban J connectivity index is 2.75. The summed E-state index contributed by atoms with van der Waals surface area (Å²) >= 11 is 0. The molecular weight excluding hydrogens is 188 g/mol. The molecule has 1 atom stereocenters. The second kappa shape index (κ2) is 4.55. The monoisotopic (exact) mass is 210 g/mol. The predicted molar refractivity (Wildman–Crippen MR) is 65.1 cm³/mol. The zero-order valence-corrected chi connectivity index (χ0v) is 10.3. The number of aromatic nitrogens is 2. The fraction of sp³-hybridized carbons (Fsp3) is 0.727. The summed E-state index contributed by atoms with van der Waals surface area (Å²) in [6.07, 6.45) is 1.14. The van der Waals surface area contributed by atoms with Gasteiger partial charge in [0.1, 0.15) is 11.6 Å². The molecule has 0 bridgehead atoms. The summed E-state index contributed by atoms with van der Waals surface area (Å²) in [5, 5.41) is 0. The van der Waals surface area contributed by atoms with Gasteiger partial charge in [0.15, 0.2) is 5.82 Å². The number of imidazole rings is 1. The molecule has 0 amide bonds. The Morgan fingerprint density at radius 1 is 1.40 bits per heavy atom. The Bertz CT molecular complexity index is 316. The van der Waals surface area contributed by atoms with Crippen LogP contribution in [0.3, 0.4) is 0 Å². The molecule has 1 heterocycles. The summed E-state index contributed by atoms with van der Waals surface area (Å²) in [5.74, 6) is 3.07. The van der Waals surface area contributed by atoms with Crippen molar-refractivity contribution in [1.82, 2.24) is 9.97 Å². The number of H-pyrrole nitrogens is 1. The Labute approximate surface area is 91.9 Å². The van der Waals surface area contributed by atoms with Crippen molar-refractivity contribution in [3.8, 4) is 0 Å². The van der Waals surface area contributed by atoms with Crippen LogP contribution in [-0.4, -0.2) is 23.1 Å². The number of hydrogen-bond acceptors (Lipinski definition) is 3. The molecule has 1 rings (SSSR count). The summed E-state index contributed by atoms with van der Waals surface area (Å²) in [5.41, 5.74) is 5.85. The number of aryl methyl sites for hydroxylation is 1. The molecule has 0 aliphatic carbocycles. The van der Waals surface area contributed by atoms with E-state index in [4.69, 9.17) is 5.73 Å². The molecule has 0 saturated heterocycles. The highest BCUT2D eigenvalue weighted by molar-refractivity contribution is 5.58. The lowest BCUT2D eigenvalue weighted by molar-refractivity contribution is 0.502. The molecule has 0 aliphatic rings. The maximum absolute atomic E-state index is 5.85. The first-order valence-electron chi connectivity index (χ1n) is 5.46. The lowest BCUT2D eigenvalue weighted by Gasteiger charge is -2.26. The Kier molecular flexibility index (Phi) is 3.61. The highest BCUT2D eigenvalue weighted by atomic mass is 15.2. The van der Waals surface area contributed by atoms with Crippen molar-refractivity contribution in [2.45, 2.75) is 40.2 Å². The summed E-state index contributed by atoms with van der Waals surface area (Å²) in [4.78, 5) is 9.54. The predicted octanol–water partition coefficient (Wildman–Crippen LogP) is 2.17. The van der Waals surface area contributed by atoms with E-state index in [-0.39, 0.29) is 0 Å². The van der Waals surface area contributed by atoms with Crippen molar-refractivity contribution in [1.29, 1.82) is 0 Å². The number of hydrogen-bond donors (Lipinski definition) is 2. The number of nitrogens with zero attached hydrogens (tertiary/aromatic N) is 2. The van der Waals surface area contributed by atoms with Crippen LogP contribution in [0.2, 0.25) is 0 Å². The van der Waals surface area contributed by atoms with Gasteiger partial charge >= 0.3 is 0 Å². The molecule has 1 aromatic rings. The van der Waals surface area contributed by atoms with Crippen molar-refractivity contribution in [3.05, 3.63) is 5.82 Å². The summed E-state index contributed by atoms with van der Waals surface area (Å²) in [6, 6.07) is 0.454. The average Bonchev–Trinajstić information content (AvgIpc) is 2.42. The van der Waals surface area contributed by atoms with E-state index in [2.05, 4.69) is 35.6 Å². The summed E-state index contributed by atoms with van der Waals surface area (Å²) in [6.45, 7) is 8.57. The van der Waals surface area contributed by atoms with E-state index in [1.165, 1.54) is 0 Å². The number of nitrogens with one attached hydrogen (secondary N) is 1. The van der Waals surface area contributed by atoms with E-state index in [0.717, 1.165) is 18.1 Å². The van der Waals surface area contributed by atoms with Gasteiger partial charge in [-0.3, -0.25) is 0 Å². The average molecular weight is 210 g/mol. The van der Waals surface area contributed by atoms with Crippen LogP contribution < -0.4 is 10.6 Å². The van der Waals surface area contributed by atoms with Crippen LogP contribution in [0.1, 0.15) is 33.0 Å². The van der Waals surface area contributed by atoms with Gasteiger partial charge in [-0.15, -0.1) is 0 Å². The first-order valence-corrected chi connectivity index (χ1v) is 5.46. The molecule has 0 spiro atoms. The zero-order valence-electron chi connectivity index (χ0n) is 10.3. The van der Waals surface area contributed by atoms with Gasteiger partial charge in [-0.2, -0.15) is 0 Å². The zero-order chi connectivity index (χ0) is 11.6. The van der Waals surface area contributed by atoms with Gasteiger partial charge in [-0.1, -0.05) is 13.8 Å². The number of nitrogen functional groups attached to an aromatic ring is 1. The van der Waals surface area contributed by atoms with E-state index >= 15 is 0 Å². The van der Waals surface area contributed by atoms with Gasteiger partial charge in [0.05, 0.1) is 0 Å². The second-order valence-corrected chi connectivity index (χ2v) is 4.65. The van der Waals surface area contributed by atoms with Crippen LogP contribution in [0.15, 0.2) is 0 Å². The van der Waals surface area contributed by atoms with Gasteiger partial charge in [-0.25, -0.2) is 4.98 Å². The minimum atomic E-state index is 0.454. The van der Waals surface area contributed by atoms with Crippen LogP contribution in [0.25, 0.3) is 0 Å². The topological polar surface area (TPSA) is 57.9 Å². The standard InChI is InChI=1S/C11H22N4/c1-7(2)6-8(3)15(5)11-10(12)13-9(4)14-11/h7-8H,6,12H2,1-5H3,(H,13,14). The quantitative estimate of drug-likeness (QED) is 0.800. The van der Waals surface area contributed by atoms with Gasteiger partial charge < -0.3 is 15.6 Å². The van der Waals surface area contributed by atoms with Crippen LogP contribution in [0.4, 0.5) is 11.6 Å². The third-order valence-electron chi connectivity index (χ3n) is 2.64.